The quantitative estimate of drug-likeness (QED) is 0.299. The molecule has 3 aliphatic rings. The second-order valence-electron chi connectivity index (χ2n) is 8.17. The van der Waals surface area contributed by atoms with E-state index in [4.69, 9.17) is 13.7 Å². The lowest BCUT2D eigenvalue weighted by molar-refractivity contribution is -0.158. The zero-order valence-electron chi connectivity index (χ0n) is 16.2. The average Bonchev–Trinajstić information content (AvgIpc) is 3.21. The standard InChI is InChI=1S/C17H26O10S2/c1-3-4-9(2)8-25-14(18)7-13(28(20,21)22)17(19)26-15-10-5-11-12(6-10)29(23,24)27-16(11)15/h9-13,15-16H,3-8H2,1-2H3,(H,20,21,22). The lowest BCUT2D eigenvalue weighted by Gasteiger charge is -2.26. The van der Waals surface area contributed by atoms with Crippen LogP contribution in [0.15, 0.2) is 0 Å². The Hall–Kier alpha value is -1.24. The Morgan fingerprint density at radius 2 is 1.97 bits per heavy atom. The van der Waals surface area contributed by atoms with Gasteiger partial charge in [-0.05, 0) is 25.2 Å². The zero-order valence-corrected chi connectivity index (χ0v) is 17.9. The molecule has 2 aliphatic carbocycles. The summed E-state index contributed by atoms with van der Waals surface area (Å²) in [4.78, 5) is 24.4. The normalized spacial score (nSPS) is 34.0. The van der Waals surface area contributed by atoms with Gasteiger partial charge < -0.3 is 9.47 Å². The van der Waals surface area contributed by atoms with E-state index in [1.54, 1.807) is 0 Å². The molecule has 7 atom stereocenters. The van der Waals surface area contributed by atoms with Gasteiger partial charge in [0.2, 0.25) is 0 Å². The van der Waals surface area contributed by atoms with Crippen LogP contribution in [-0.4, -0.2) is 62.6 Å². The molecular formula is C17H26O10S2. The number of carbonyl (C=O) groups excluding carboxylic acids is 2. The van der Waals surface area contributed by atoms with Crippen LogP contribution in [0.1, 0.15) is 46.0 Å². The first-order valence-corrected chi connectivity index (χ1v) is 12.7. The van der Waals surface area contributed by atoms with Crippen molar-refractivity contribution in [2.45, 2.75) is 68.7 Å². The summed E-state index contributed by atoms with van der Waals surface area (Å²) in [5.74, 6) is -2.74. The lowest BCUT2D eigenvalue weighted by Crippen LogP contribution is -2.42. The Morgan fingerprint density at radius 3 is 2.59 bits per heavy atom. The highest BCUT2D eigenvalue weighted by Crippen LogP contribution is 2.55. The number of rotatable bonds is 9. The van der Waals surface area contributed by atoms with Gasteiger partial charge in [-0.2, -0.15) is 16.8 Å². The minimum atomic E-state index is -4.93. The molecule has 1 aliphatic heterocycles. The lowest BCUT2D eigenvalue weighted by atomic mass is 9.94. The summed E-state index contributed by atoms with van der Waals surface area (Å²) in [5, 5.41) is -2.76. The molecule has 3 rings (SSSR count). The smallest absolute Gasteiger partial charge is 0.327 e. The van der Waals surface area contributed by atoms with Gasteiger partial charge in [-0.1, -0.05) is 20.3 Å². The number of carbonyl (C=O) groups is 2. The first kappa shape index (κ1) is 22.4. The molecule has 1 N–H and O–H groups in total. The summed E-state index contributed by atoms with van der Waals surface area (Å²) in [6, 6.07) is 0. The first-order chi connectivity index (χ1) is 13.4. The molecule has 10 nitrogen and oxygen atoms in total. The van der Waals surface area contributed by atoms with Gasteiger partial charge in [0.25, 0.3) is 20.2 Å². The molecule has 2 saturated carbocycles. The van der Waals surface area contributed by atoms with Crippen LogP contribution in [0.5, 0.6) is 0 Å². The number of fused-ring (bicyclic) bond motifs is 1. The van der Waals surface area contributed by atoms with Crippen molar-refractivity contribution in [1.82, 2.24) is 0 Å². The molecule has 2 bridgehead atoms. The molecule has 7 unspecified atom stereocenters. The van der Waals surface area contributed by atoms with Crippen LogP contribution in [0.3, 0.4) is 0 Å². The van der Waals surface area contributed by atoms with Crippen LogP contribution in [-0.2, 0) is 43.5 Å². The average molecular weight is 455 g/mol. The molecule has 0 spiro atoms. The summed E-state index contributed by atoms with van der Waals surface area (Å²) in [5.41, 5.74) is 0. The minimum absolute atomic E-state index is 0.0709. The number of hydrogen-bond acceptors (Lipinski definition) is 9. The largest absolute Gasteiger partial charge is 0.465 e. The van der Waals surface area contributed by atoms with E-state index in [-0.39, 0.29) is 30.8 Å². The van der Waals surface area contributed by atoms with E-state index in [1.165, 1.54) is 0 Å². The highest BCUT2D eigenvalue weighted by atomic mass is 32.2. The van der Waals surface area contributed by atoms with Gasteiger partial charge >= 0.3 is 11.9 Å². The van der Waals surface area contributed by atoms with Gasteiger partial charge in [-0.25, -0.2) is 0 Å². The van der Waals surface area contributed by atoms with E-state index in [0.717, 1.165) is 12.8 Å². The molecular weight excluding hydrogens is 428 g/mol. The van der Waals surface area contributed by atoms with E-state index in [2.05, 4.69) is 0 Å². The van der Waals surface area contributed by atoms with Crippen LogP contribution in [0.2, 0.25) is 0 Å². The monoisotopic (exact) mass is 454 g/mol. The SMILES string of the molecule is CCCC(C)COC(=O)CC(C(=O)OC1C2CC3C1OS(=O)(=O)C3C2)S(=O)(=O)O. The van der Waals surface area contributed by atoms with E-state index in [0.29, 0.717) is 6.42 Å². The predicted molar refractivity (Wildman–Crippen MR) is 98.7 cm³/mol. The molecule has 0 amide bonds. The Morgan fingerprint density at radius 1 is 1.28 bits per heavy atom. The summed E-state index contributed by atoms with van der Waals surface area (Å²) in [6.07, 6.45) is -0.184. The number of hydrogen-bond donors (Lipinski definition) is 1. The van der Waals surface area contributed by atoms with Crippen molar-refractivity contribution >= 4 is 32.2 Å². The van der Waals surface area contributed by atoms with Gasteiger partial charge in [0.15, 0.2) is 5.25 Å². The number of ether oxygens (including phenoxy) is 2. The second kappa shape index (κ2) is 8.12. The van der Waals surface area contributed by atoms with E-state index in [1.807, 2.05) is 13.8 Å². The van der Waals surface area contributed by atoms with Crippen molar-refractivity contribution < 1.29 is 44.6 Å². The summed E-state index contributed by atoms with van der Waals surface area (Å²) in [7, 11) is -8.65. The molecule has 1 saturated heterocycles. The maximum absolute atomic E-state index is 12.5. The van der Waals surface area contributed by atoms with Gasteiger partial charge in [0.1, 0.15) is 12.2 Å². The van der Waals surface area contributed by atoms with Crippen molar-refractivity contribution in [3.05, 3.63) is 0 Å². The maximum atomic E-state index is 12.5. The van der Waals surface area contributed by atoms with Gasteiger partial charge in [-0.15, -0.1) is 0 Å². The summed E-state index contributed by atoms with van der Waals surface area (Å²) in [6.45, 7) is 3.91. The topological polar surface area (TPSA) is 150 Å². The van der Waals surface area contributed by atoms with Crippen molar-refractivity contribution in [1.29, 1.82) is 0 Å². The van der Waals surface area contributed by atoms with E-state index < -0.39 is 61.3 Å². The zero-order chi connectivity index (χ0) is 21.6. The molecule has 0 aromatic carbocycles. The molecule has 29 heavy (non-hydrogen) atoms. The van der Waals surface area contributed by atoms with Gasteiger partial charge in [-0.3, -0.25) is 18.3 Å². The van der Waals surface area contributed by atoms with Gasteiger partial charge in [0, 0.05) is 11.8 Å². The van der Waals surface area contributed by atoms with Crippen molar-refractivity contribution in [2.75, 3.05) is 6.61 Å². The minimum Gasteiger partial charge on any atom is -0.465 e. The Kier molecular flexibility index (Phi) is 6.29. The fourth-order valence-electron chi connectivity index (χ4n) is 4.59. The number of esters is 2. The van der Waals surface area contributed by atoms with Crippen LogP contribution in [0.25, 0.3) is 0 Å². The Bertz CT molecular complexity index is 865. The van der Waals surface area contributed by atoms with Crippen LogP contribution in [0.4, 0.5) is 0 Å². The third-order valence-corrected chi connectivity index (χ3v) is 8.80. The molecule has 3 fully saturated rings. The van der Waals surface area contributed by atoms with Crippen LogP contribution < -0.4 is 0 Å². The molecule has 0 radical (unpaired) electrons. The Labute approximate surface area is 170 Å². The fourth-order valence-corrected chi connectivity index (χ4v) is 7.11. The van der Waals surface area contributed by atoms with Crippen molar-refractivity contribution in [3.8, 4) is 0 Å². The van der Waals surface area contributed by atoms with E-state index >= 15 is 0 Å². The third kappa shape index (κ3) is 4.59. The second-order valence-corrected chi connectivity index (χ2v) is 11.6. The summed E-state index contributed by atoms with van der Waals surface area (Å²) >= 11 is 0. The molecule has 166 valence electrons. The molecule has 0 aromatic heterocycles. The predicted octanol–water partition coefficient (Wildman–Crippen LogP) is 0.661. The molecule has 1 heterocycles. The van der Waals surface area contributed by atoms with Gasteiger partial charge in [0.05, 0.1) is 18.3 Å². The van der Waals surface area contributed by atoms with Crippen LogP contribution >= 0.6 is 0 Å². The van der Waals surface area contributed by atoms with E-state index in [9.17, 15) is 31.0 Å². The fraction of sp³-hybridized carbons (Fsp3) is 0.882. The first-order valence-electron chi connectivity index (χ1n) is 9.68. The van der Waals surface area contributed by atoms with Crippen molar-refractivity contribution in [2.24, 2.45) is 17.8 Å². The molecule has 12 heteroatoms. The third-order valence-electron chi connectivity index (χ3n) is 5.95. The highest BCUT2D eigenvalue weighted by molar-refractivity contribution is 7.87. The highest BCUT2D eigenvalue weighted by Gasteiger charge is 2.65. The summed E-state index contributed by atoms with van der Waals surface area (Å²) < 4.78 is 72.0. The molecule has 0 aromatic rings. The Balaban J connectivity index is 1.63. The van der Waals surface area contributed by atoms with Crippen molar-refractivity contribution in [3.63, 3.8) is 0 Å². The maximum Gasteiger partial charge on any atom is 0.327 e. The van der Waals surface area contributed by atoms with Crippen LogP contribution in [0, 0.1) is 17.8 Å².